The number of rotatable bonds is 4. The number of nitrogens with one attached hydrogen (secondary N) is 1. The number of fused-ring (bicyclic) bond motifs is 1. The van der Waals surface area contributed by atoms with Crippen LogP contribution in [0, 0.1) is 5.41 Å². The molecule has 1 aliphatic carbocycles. The van der Waals surface area contributed by atoms with Gasteiger partial charge in [-0.05, 0) is 36.8 Å². The summed E-state index contributed by atoms with van der Waals surface area (Å²) in [5, 5.41) is 3.55. The molecule has 2 rings (SSSR count). The van der Waals surface area contributed by atoms with E-state index in [9.17, 15) is 4.79 Å². The van der Waals surface area contributed by atoms with Gasteiger partial charge in [-0.1, -0.05) is 38.1 Å². The zero-order valence-electron chi connectivity index (χ0n) is 13.2. The molecule has 1 aliphatic rings. The summed E-state index contributed by atoms with van der Waals surface area (Å²) in [6.45, 7) is 9.25. The second kappa shape index (κ2) is 5.57. The van der Waals surface area contributed by atoms with Crippen molar-refractivity contribution in [3.05, 3.63) is 35.4 Å². The fourth-order valence-corrected chi connectivity index (χ4v) is 3.11. The number of hydrogen-bond donors (Lipinski definition) is 1. The molecule has 3 nitrogen and oxygen atoms in total. The van der Waals surface area contributed by atoms with E-state index in [1.54, 1.807) is 4.90 Å². The Hall–Kier alpha value is -1.35. The van der Waals surface area contributed by atoms with Crippen LogP contribution in [0.15, 0.2) is 24.3 Å². The number of carbonyl (C=O) groups is 1. The van der Waals surface area contributed by atoms with Gasteiger partial charge in [0.05, 0.1) is 6.04 Å². The summed E-state index contributed by atoms with van der Waals surface area (Å²) in [5.41, 5.74) is 2.89. The molecule has 1 aromatic carbocycles. The Morgan fingerprint density at radius 2 is 2.10 bits per heavy atom. The highest BCUT2D eigenvalue weighted by atomic mass is 16.2. The molecule has 110 valence electrons. The van der Waals surface area contributed by atoms with Crippen LogP contribution in [-0.4, -0.2) is 30.4 Å². The SMILES string of the molecule is CCN(C)C(=O)C(C)NC1c2ccccc2CC1(C)C. The minimum Gasteiger partial charge on any atom is -0.345 e. The maximum absolute atomic E-state index is 12.2. The summed E-state index contributed by atoms with van der Waals surface area (Å²) < 4.78 is 0. The Labute approximate surface area is 122 Å². The van der Waals surface area contributed by atoms with Gasteiger partial charge in [0, 0.05) is 19.6 Å². The minimum absolute atomic E-state index is 0.142. The predicted molar refractivity (Wildman–Crippen MR) is 82.6 cm³/mol. The van der Waals surface area contributed by atoms with Crippen molar-refractivity contribution in [2.24, 2.45) is 5.41 Å². The third kappa shape index (κ3) is 2.73. The van der Waals surface area contributed by atoms with Crippen LogP contribution in [0.4, 0.5) is 0 Å². The summed E-state index contributed by atoms with van der Waals surface area (Å²) in [4.78, 5) is 14.0. The molecule has 2 unspecified atom stereocenters. The van der Waals surface area contributed by atoms with E-state index in [1.165, 1.54) is 11.1 Å². The van der Waals surface area contributed by atoms with Gasteiger partial charge in [-0.15, -0.1) is 0 Å². The van der Waals surface area contributed by atoms with Gasteiger partial charge in [0.1, 0.15) is 0 Å². The number of nitrogens with zero attached hydrogens (tertiary/aromatic N) is 1. The Kier molecular flexibility index (Phi) is 4.19. The van der Waals surface area contributed by atoms with Crippen molar-refractivity contribution < 1.29 is 4.79 Å². The van der Waals surface area contributed by atoms with Gasteiger partial charge in [0.15, 0.2) is 0 Å². The van der Waals surface area contributed by atoms with Crippen LogP contribution in [0.5, 0.6) is 0 Å². The third-order valence-electron chi connectivity index (χ3n) is 4.43. The van der Waals surface area contributed by atoms with E-state index in [0.29, 0.717) is 0 Å². The molecule has 0 fully saturated rings. The largest absolute Gasteiger partial charge is 0.345 e. The van der Waals surface area contributed by atoms with Crippen LogP contribution >= 0.6 is 0 Å². The first-order chi connectivity index (χ1) is 9.36. The Morgan fingerprint density at radius 3 is 2.75 bits per heavy atom. The molecule has 0 saturated carbocycles. The van der Waals surface area contributed by atoms with Crippen molar-refractivity contribution in [1.82, 2.24) is 10.2 Å². The quantitative estimate of drug-likeness (QED) is 0.915. The molecule has 0 radical (unpaired) electrons. The Balaban J connectivity index is 2.18. The zero-order valence-corrected chi connectivity index (χ0v) is 13.2. The van der Waals surface area contributed by atoms with Crippen LogP contribution < -0.4 is 5.32 Å². The van der Waals surface area contributed by atoms with Crippen molar-refractivity contribution in [3.8, 4) is 0 Å². The first kappa shape index (κ1) is 15.0. The predicted octanol–water partition coefficient (Wildman–Crippen LogP) is 2.77. The number of amides is 1. The van der Waals surface area contributed by atoms with Gasteiger partial charge in [0.25, 0.3) is 0 Å². The lowest BCUT2D eigenvalue weighted by Crippen LogP contribution is -2.46. The van der Waals surface area contributed by atoms with E-state index in [0.717, 1.165) is 13.0 Å². The lowest BCUT2D eigenvalue weighted by molar-refractivity contribution is -0.131. The average molecular weight is 274 g/mol. The molecule has 1 N–H and O–H groups in total. The normalized spacial score (nSPS) is 21.4. The molecule has 0 aromatic heterocycles. The van der Waals surface area contributed by atoms with Gasteiger partial charge >= 0.3 is 0 Å². The van der Waals surface area contributed by atoms with Crippen molar-refractivity contribution >= 4 is 5.91 Å². The van der Waals surface area contributed by atoms with Gasteiger partial charge in [-0.25, -0.2) is 0 Å². The Morgan fingerprint density at radius 1 is 1.45 bits per heavy atom. The molecule has 0 heterocycles. The topological polar surface area (TPSA) is 32.3 Å². The van der Waals surface area contributed by atoms with E-state index in [4.69, 9.17) is 0 Å². The highest BCUT2D eigenvalue weighted by molar-refractivity contribution is 5.81. The molecule has 20 heavy (non-hydrogen) atoms. The van der Waals surface area contributed by atoms with E-state index < -0.39 is 0 Å². The number of benzene rings is 1. The lowest BCUT2D eigenvalue weighted by Gasteiger charge is -2.32. The molecule has 3 heteroatoms. The van der Waals surface area contributed by atoms with Gasteiger partial charge < -0.3 is 4.90 Å². The van der Waals surface area contributed by atoms with Crippen molar-refractivity contribution in [3.63, 3.8) is 0 Å². The van der Waals surface area contributed by atoms with Crippen LogP contribution in [0.25, 0.3) is 0 Å². The summed E-state index contributed by atoms with van der Waals surface area (Å²) in [6.07, 6.45) is 1.06. The number of carbonyl (C=O) groups excluding carboxylic acids is 1. The van der Waals surface area contributed by atoms with Crippen LogP contribution in [0.1, 0.15) is 44.9 Å². The number of likely N-dealkylation sites (N-methyl/N-ethyl adjacent to an activating group) is 1. The molecule has 1 aromatic rings. The molecule has 0 aliphatic heterocycles. The maximum atomic E-state index is 12.2. The monoisotopic (exact) mass is 274 g/mol. The second-order valence-electron chi connectivity index (χ2n) is 6.54. The first-order valence-electron chi connectivity index (χ1n) is 7.45. The maximum Gasteiger partial charge on any atom is 0.239 e. The fourth-order valence-electron chi connectivity index (χ4n) is 3.11. The van der Waals surface area contributed by atoms with Gasteiger partial charge in [-0.3, -0.25) is 10.1 Å². The fraction of sp³-hybridized carbons (Fsp3) is 0.588. The molecule has 0 saturated heterocycles. The first-order valence-corrected chi connectivity index (χ1v) is 7.45. The van der Waals surface area contributed by atoms with Crippen molar-refractivity contribution in [1.29, 1.82) is 0 Å². The molecule has 2 atom stereocenters. The second-order valence-corrected chi connectivity index (χ2v) is 6.54. The number of hydrogen-bond acceptors (Lipinski definition) is 2. The molecule has 0 spiro atoms. The van der Waals surface area contributed by atoms with Crippen LogP contribution in [0.3, 0.4) is 0 Å². The third-order valence-corrected chi connectivity index (χ3v) is 4.43. The molecule has 0 bridgehead atoms. The summed E-state index contributed by atoms with van der Waals surface area (Å²) in [5.74, 6) is 0.160. The minimum atomic E-state index is -0.157. The Bertz CT molecular complexity index is 496. The van der Waals surface area contributed by atoms with Gasteiger partial charge in [-0.2, -0.15) is 0 Å². The summed E-state index contributed by atoms with van der Waals surface area (Å²) >= 11 is 0. The zero-order chi connectivity index (χ0) is 14.9. The smallest absolute Gasteiger partial charge is 0.239 e. The average Bonchev–Trinajstić information content (AvgIpc) is 2.67. The van der Waals surface area contributed by atoms with Gasteiger partial charge in [0.2, 0.25) is 5.91 Å². The van der Waals surface area contributed by atoms with E-state index in [1.807, 2.05) is 20.9 Å². The summed E-state index contributed by atoms with van der Waals surface area (Å²) in [7, 11) is 1.86. The van der Waals surface area contributed by atoms with E-state index in [2.05, 4.69) is 43.4 Å². The summed E-state index contributed by atoms with van der Waals surface area (Å²) in [6, 6.07) is 8.64. The molecular weight excluding hydrogens is 248 g/mol. The standard InChI is InChI=1S/C17H26N2O/c1-6-19(5)16(20)12(2)18-15-14-10-8-7-9-13(14)11-17(15,3)4/h7-10,12,15,18H,6,11H2,1-5H3. The molecule has 1 amide bonds. The molecular formula is C17H26N2O. The van der Waals surface area contributed by atoms with E-state index >= 15 is 0 Å². The lowest BCUT2D eigenvalue weighted by atomic mass is 9.85. The van der Waals surface area contributed by atoms with Crippen LogP contribution in [0.2, 0.25) is 0 Å². The van der Waals surface area contributed by atoms with Crippen LogP contribution in [-0.2, 0) is 11.2 Å². The van der Waals surface area contributed by atoms with Crippen molar-refractivity contribution in [2.45, 2.75) is 46.2 Å². The highest BCUT2D eigenvalue weighted by Gasteiger charge is 2.39. The van der Waals surface area contributed by atoms with E-state index in [-0.39, 0.29) is 23.4 Å². The van der Waals surface area contributed by atoms with Crippen molar-refractivity contribution in [2.75, 3.05) is 13.6 Å². The highest BCUT2D eigenvalue weighted by Crippen LogP contribution is 2.45.